The highest BCUT2D eigenvalue weighted by Gasteiger charge is 2.25. The van der Waals surface area contributed by atoms with Crippen LogP contribution in [-0.2, 0) is 14.6 Å². The Kier molecular flexibility index (Phi) is 5.46. The number of rotatable bonds is 5. The largest absolute Gasteiger partial charge is 0.484 e. The zero-order valence-corrected chi connectivity index (χ0v) is 15.4. The van der Waals surface area contributed by atoms with Crippen LogP contribution in [0.2, 0.25) is 0 Å². The molecule has 2 aromatic carbocycles. The van der Waals surface area contributed by atoms with Gasteiger partial charge >= 0.3 is 0 Å². The summed E-state index contributed by atoms with van der Waals surface area (Å²) in [6.07, 6.45) is 0. The minimum atomic E-state index is -3.00. The first-order valence-corrected chi connectivity index (χ1v) is 10.2. The van der Waals surface area contributed by atoms with Crippen LogP contribution in [0.1, 0.15) is 5.56 Å². The summed E-state index contributed by atoms with van der Waals surface area (Å²) in [4.78, 5) is 13.6. The molecule has 1 fully saturated rings. The van der Waals surface area contributed by atoms with Crippen molar-refractivity contribution in [3.8, 4) is 17.2 Å². The predicted molar refractivity (Wildman–Crippen MR) is 98.4 cm³/mol. The first-order chi connectivity index (χ1) is 12.4. The van der Waals surface area contributed by atoms with Crippen molar-refractivity contribution in [2.75, 3.05) is 31.2 Å². The fourth-order valence-corrected chi connectivity index (χ4v) is 3.75. The van der Waals surface area contributed by atoms with Crippen molar-refractivity contribution in [2.45, 2.75) is 6.92 Å². The van der Waals surface area contributed by atoms with E-state index >= 15 is 0 Å². The maximum absolute atomic E-state index is 12.1. The van der Waals surface area contributed by atoms with E-state index in [-0.39, 0.29) is 37.1 Å². The second-order valence-corrected chi connectivity index (χ2v) is 8.51. The van der Waals surface area contributed by atoms with E-state index in [1.54, 1.807) is 24.3 Å². The van der Waals surface area contributed by atoms with Crippen molar-refractivity contribution >= 4 is 15.7 Å². The lowest BCUT2D eigenvalue weighted by molar-refractivity contribution is -0.133. The molecule has 1 amide bonds. The summed E-state index contributed by atoms with van der Waals surface area (Å²) in [6.45, 7) is 2.36. The Morgan fingerprint density at radius 3 is 2.00 bits per heavy atom. The molecular formula is C19H21NO5S. The molecule has 3 rings (SSSR count). The summed E-state index contributed by atoms with van der Waals surface area (Å²) in [7, 11) is -3.00. The van der Waals surface area contributed by atoms with E-state index in [1.165, 1.54) is 4.90 Å². The molecule has 0 N–H and O–H groups in total. The maximum atomic E-state index is 12.1. The Balaban J connectivity index is 1.50. The zero-order valence-electron chi connectivity index (χ0n) is 14.6. The molecule has 0 atom stereocenters. The predicted octanol–water partition coefficient (Wildman–Crippen LogP) is 2.42. The van der Waals surface area contributed by atoms with Gasteiger partial charge in [0.25, 0.3) is 5.91 Å². The highest BCUT2D eigenvalue weighted by Crippen LogP contribution is 2.24. The van der Waals surface area contributed by atoms with E-state index < -0.39 is 9.84 Å². The van der Waals surface area contributed by atoms with Crippen LogP contribution in [0.4, 0.5) is 0 Å². The number of amides is 1. The number of ether oxygens (including phenoxy) is 2. The molecule has 0 spiro atoms. The smallest absolute Gasteiger partial charge is 0.260 e. The van der Waals surface area contributed by atoms with Gasteiger partial charge in [0.1, 0.15) is 17.2 Å². The van der Waals surface area contributed by atoms with E-state index in [4.69, 9.17) is 9.47 Å². The van der Waals surface area contributed by atoms with Gasteiger partial charge in [0.05, 0.1) is 11.5 Å². The number of aryl methyl sites for hydroxylation is 1. The van der Waals surface area contributed by atoms with Crippen molar-refractivity contribution in [1.82, 2.24) is 4.90 Å². The van der Waals surface area contributed by atoms with Gasteiger partial charge in [-0.1, -0.05) is 17.7 Å². The Morgan fingerprint density at radius 2 is 1.42 bits per heavy atom. The average Bonchev–Trinajstić information content (AvgIpc) is 2.63. The van der Waals surface area contributed by atoms with Crippen molar-refractivity contribution < 1.29 is 22.7 Å². The van der Waals surface area contributed by atoms with Crippen LogP contribution in [0.3, 0.4) is 0 Å². The van der Waals surface area contributed by atoms with Gasteiger partial charge in [0.2, 0.25) is 0 Å². The van der Waals surface area contributed by atoms with Crippen LogP contribution in [-0.4, -0.2) is 50.4 Å². The van der Waals surface area contributed by atoms with Crippen molar-refractivity contribution in [3.63, 3.8) is 0 Å². The third kappa shape index (κ3) is 4.98. The maximum Gasteiger partial charge on any atom is 0.260 e. The van der Waals surface area contributed by atoms with Crippen molar-refractivity contribution in [3.05, 3.63) is 54.1 Å². The van der Waals surface area contributed by atoms with Gasteiger partial charge < -0.3 is 14.4 Å². The van der Waals surface area contributed by atoms with E-state index in [0.29, 0.717) is 11.5 Å². The molecule has 2 aromatic rings. The van der Waals surface area contributed by atoms with Crippen molar-refractivity contribution in [1.29, 1.82) is 0 Å². The molecule has 1 saturated heterocycles. The van der Waals surface area contributed by atoms with Gasteiger partial charge in [-0.15, -0.1) is 0 Å². The SMILES string of the molecule is Cc1ccc(Oc2ccc(OCC(=O)N3CCS(=O)(=O)CC3)cc2)cc1. The quantitative estimate of drug-likeness (QED) is 0.802. The Bertz CT molecular complexity index is 846. The number of carbonyl (C=O) groups excluding carboxylic acids is 1. The minimum Gasteiger partial charge on any atom is -0.484 e. The van der Waals surface area contributed by atoms with Crippen LogP contribution >= 0.6 is 0 Å². The normalized spacial score (nSPS) is 16.1. The van der Waals surface area contributed by atoms with Crippen LogP contribution in [0.5, 0.6) is 17.2 Å². The molecule has 0 saturated carbocycles. The lowest BCUT2D eigenvalue weighted by Gasteiger charge is -2.26. The minimum absolute atomic E-state index is 0.0176. The average molecular weight is 375 g/mol. The second kappa shape index (κ2) is 7.78. The third-order valence-electron chi connectivity index (χ3n) is 4.14. The molecule has 0 aromatic heterocycles. The number of sulfone groups is 1. The summed E-state index contributed by atoms with van der Waals surface area (Å²) in [5.74, 6) is 1.81. The summed E-state index contributed by atoms with van der Waals surface area (Å²) in [5, 5.41) is 0. The second-order valence-electron chi connectivity index (χ2n) is 6.21. The van der Waals surface area contributed by atoms with Gasteiger partial charge in [0, 0.05) is 13.1 Å². The van der Waals surface area contributed by atoms with Crippen LogP contribution in [0.25, 0.3) is 0 Å². The first kappa shape index (κ1) is 18.3. The van der Waals surface area contributed by atoms with Crippen LogP contribution < -0.4 is 9.47 Å². The Hall–Kier alpha value is -2.54. The molecule has 138 valence electrons. The Morgan fingerprint density at radius 1 is 0.923 bits per heavy atom. The summed E-state index contributed by atoms with van der Waals surface area (Å²) in [5.41, 5.74) is 1.16. The van der Waals surface area contributed by atoms with Crippen molar-refractivity contribution in [2.24, 2.45) is 0 Å². The number of hydrogen-bond donors (Lipinski definition) is 0. The van der Waals surface area contributed by atoms with E-state index in [2.05, 4.69) is 0 Å². The summed E-state index contributed by atoms with van der Waals surface area (Å²) in [6, 6.07) is 14.8. The lowest BCUT2D eigenvalue weighted by atomic mass is 10.2. The molecule has 1 aliphatic rings. The molecule has 0 unspecified atom stereocenters. The van der Waals surface area contributed by atoms with Gasteiger partial charge in [0.15, 0.2) is 16.4 Å². The first-order valence-electron chi connectivity index (χ1n) is 8.37. The molecule has 0 radical (unpaired) electrons. The fourth-order valence-electron chi connectivity index (χ4n) is 2.54. The highest BCUT2D eigenvalue weighted by atomic mass is 32.2. The molecule has 1 heterocycles. The number of nitrogens with zero attached hydrogens (tertiary/aromatic N) is 1. The van der Waals surface area contributed by atoms with Gasteiger partial charge in [-0.2, -0.15) is 0 Å². The fraction of sp³-hybridized carbons (Fsp3) is 0.316. The zero-order chi connectivity index (χ0) is 18.6. The lowest BCUT2D eigenvalue weighted by Crippen LogP contribution is -2.45. The number of hydrogen-bond acceptors (Lipinski definition) is 5. The van der Waals surface area contributed by atoms with E-state index in [1.807, 2.05) is 31.2 Å². The van der Waals surface area contributed by atoms with Gasteiger partial charge in [-0.3, -0.25) is 4.79 Å². The Labute approximate surface area is 153 Å². The molecule has 0 aliphatic carbocycles. The van der Waals surface area contributed by atoms with Crippen LogP contribution in [0, 0.1) is 6.92 Å². The molecule has 0 bridgehead atoms. The third-order valence-corrected chi connectivity index (χ3v) is 5.75. The number of carbonyl (C=O) groups is 1. The molecule has 7 heteroatoms. The molecular weight excluding hydrogens is 354 g/mol. The summed E-state index contributed by atoms with van der Waals surface area (Å²) < 4.78 is 34.0. The van der Waals surface area contributed by atoms with E-state index in [0.717, 1.165) is 11.3 Å². The van der Waals surface area contributed by atoms with Gasteiger partial charge in [-0.05, 0) is 43.3 Å². The molecule has 6 nitrogen and oxygen atoms in total. The van der Waals surface area contributed by atoms with Crippen LogP contribution in [0.15, 0.2) is 48.5 Å². The number of benzene rings is 2. The molecule has 1 aliphatic heterocycles. The topological polar surface area (TPSA) is 72.9 Å². The summed E-state index contributed by atoms with van der Waals surface area (Å²) >= 11 is 0. The molecule has 26 heavy (non-hydrogen) atoms. The van der Waals surface area contributed by atoms with E-state index in [9.17, 15) is 13.2 Å². The van der Waals surface area contributed by atoms with Gasteiger partial charge in [-0.25, -0.2) is 8.42 Å². The monoisotopic (exact) mass is 375 g/mol. The standard InChI is InChI=1S/C19H21NO5S/c1-15-2-4-17(5-3-15)25-18-8-6-16(7-9-18)24-14-19(21)20-10-12-26(22,23)13-11-20/h2-9H,10-14H2,1H3. The highest BCUT2D eigenvalue weighted by molar-refractivity contribution is 7.91.